The lowest BCUT2D eigenvalue weighted by Crippen LogP contribution is -2.01. The molecular weight excluding hydrogens is 765 g/mol. The molecule has 62 heavy (non-hydrogen) atoms. The van der Waals surface area contributed by atoms with Gasteiger partial charge in [-0.15, -0.1) is 0 Å². The zero-order valence-electron chi connectivity index (χ0n) is 33.0. The van der Waals surface area contributed by atoms with Gasteiger partial charge in [-0.3, -0.25) is 0 Å². The second-order valence-electron chi connectivity index (χ2n) is 15.1. The molecule has 0 amide bonds. The Morgan fingerprint density at radius 1 is 0.242 bits per heavy atom. The maximum atomic E-state index is 6.66. The van der Waals surface area contributed by atoms with Gasteiger partial charge in [0.2, 0.25) is 0 Å². The van der Waals surface area contributed by atoms with Crippen LogP contribution in [0.5, 0.6) is 0 Å². The Hall–Kier alpha value is -8.62. The van der Waals surface area contributed by atoms with Crippen LogP contribution in [0.15, 0.2) is 203 Å². The zero-order chi connectivity index (χ0) is 41.0. The Balaban J connectivity index is 1.03. The minimum atomic E-state index is 0.483. The molecule has 0 radical (unpaired) electrons. The maximum absolute atomic E-state index is 6.66. The molecule has 0 bridgehead atoms. The molecule has 0 N–H and O–H groups in total. The number of furan rings is 2. The Bertz CT molecular complexity index is 3570. The first-order valence-corrected chi connectivity index (χ1v) is 20.4. The number of rotatable bonds is 7. The largest absolute Gasteiger partial charge is 0.455 e. The molecule has 8 heteroatoms. The first kappa shape index (κ1) is 35.3. The molecule has 290 valence electrons. The first-order chi connectivity index (χ1) is 30.7. The summed E-state index contributed by atoms with van der Waals surface area (Å²) in [4.78, 5) is 30.3. The molecule has 0 aliphatic carbocycles. The van der Waals surface area contributed by atoms with Crippen LogP contribution in [0.4, 0.5) is 0 Å². The number of hydrogen-bond donors (Lipinski definition) is 0. The number of nitrogens with zero attached hydrogens (tertiary/aromatic N) is 6. The fraction of sp³-hybridized carbons (Fsp3) is 0. The second-order valence-corrected chi connectivity index (χ2v) is 15.1. The number of fused-ring (bicyclic) bond motifs is 6. The third kappa shape index (κ3) is 6.17. The van der Waals surface area contributed by atoms with Crippen molar-refractivity contribution in [1.82, 2.24) is 29.9 Å². The third-order valence-electron chi connectivity index (χ3n) is 11.2. The average Bonchev–Trinajstić information content (AvgIpc) is 3.93. The van der Waals surface area contributed by atoms with Gasteiger partial charge in [0, 0.05) is 43.8 Å². The highest BCUT2D eigenvalue weighted by atomic mass is 16.3. The summed E-state index contributed by atoms with van der Waals surface area (Å²) in [6.07, 6.45) is 0. The lowest BCUT2D eigenvalue weighted by Gasteiger charge is -2.11. The smallest absolute Gasteiger partial charge is 0.167 e. The predicted octanol–water partition coefficient (Wildman–Crippen LogP) is 13.5. The maximum Gasteiger partial charge on any atom is 0.167 e. The molecule has 12 aromatic rings. The van der Waals surface area contributed by atoms with Crippen molar-refractivity contribution in [2.75, 3.05) is 0 Å². The van der Waals surface area contributed by atoms with Crippen LogP contribution in [0, 0.1) is 0 Å². The van der Waals surface area contributed by atoms with Gasteiger partial charge in [0.25, 0.3) is 0 Å². The van der Waals surface area contributed by atoms with E-state index in [-0.39, 0.29) is 0 Å². The third-order valence-corrected chi connectivity index (χ3v) is 11.2. The van der Waals surface area contributed by atoms with Crippen molar-refractivity contribution in [3.8, 4) is 79.5 Å². The van der Waals surface area contributed by atoms with Gasteiger partial charge >= 0.3 is 0 Å². The normalized spacial score (nSPS) is 11.5. The minimum Gasteiger partial charge on any atom is -0.455 e. The number of aromatic nitrogens is 6. The minimum absolute atomic E-state index is 0.483. The summed E-state index contributed by atoms with van der Waals surface area (Å²) in [5.74, 6) is 3.34. The van der Waals surface area contributed by atoms with Crippen LogP contribution < -0.4 is 0 Å². The van der Waals surface area contributed by atoms with Gasteiger partial charge in [0.1, 0.15) is 22.3 Å². The standard InChI is InChI=1S/C54H32N6O2/c1-4-15-34(16-5-1)49-55-50(35-17-6-2-7-18-35)57-52(56-49)37-29-27-33(28-30-37)38-31-43-40-22-11-13-26-46(40)62-48(43)44(32-38)54-59-51(36-19-8-3-9-20-36)58-53(60-54)42-24-14-23-41-39-21-10-12-25-45(39)61-47(41)42/h1-32H. The molecule has 4 heterocycles. The lowest BCUT2D eigenvalue weighted by molar-refractivity contribution is 0.669. The van der Waals surface area contributed by atoms with Crippen molar-refractivity contribution < 1.29 is 8.83 Å². The van der Waals surface area contributed by atoms with E-state index in [1.165, 1.54) is 0 Å². The predicted molar refractivity (Wildman–Crippen MR) is 246 cm³/mol. The fourth-order valence-electron chi connectivity index (χ4n) is 8.17. The molecule has 8 aromatic carbocycles. The van der Waals surface area contributed by atoms with Crippen molar-refractivity contribution in [3.05, 3.63) is 194 Å². The second kappa shape index (κ2) is 14.6. The molecule has 0 spiro atoms. The van der Waals surface area contributed by atoms with E-state index in [1.807, 2.05) is 140 Å². The molecule has 8 nitrogen and oxygen atoms in total. The van der Waals surface area contributed by atoms with Crippen molar-refractivity contribution >= 4 is 43.9 Å². The average molecular weight is 797 g/mol. The highest BCUT2D eigenvalue weighted by molar-refractivity contribution is 6.11. The van der Waals surface area contributed by atoms with Gasteiger partial charge in [-0.1, -0.05) is 164 Å². The van der Waals surface area contributed by atoms with E-state index in [4.69, 9.17) is 38.7 Å². The summed E-state index contributed by atoms with van der Waals surface area (Å²) in [5, 5.41) is 3.99. The fourth-order valence-corrected chi connectivity index (χ4v) is 8.17. The topological polar surface area (TPSA) is 104 Å². The summed E-state index contributed by atoms with van der Waals surface area (Å²) in [6.45, 7) is 0. The number of hydrogen-bond acceptors (Lipinski definition) is 8. The highest BCUT2D eigenvalue weighted by Gasteiger charge is 2.22. The van der Waals surface area contributed by atoms with Gasteiger partial charge in [0.05, 0.1) is 11.1 Å². The van der Waals surface area contributed by atoms with Crippen LogP contribution in [-0.4, -0.2) is 29.9 Å². The SMILES string of the molecule is c1ccc(-c2nc(-c3ccccc3)nc(-c3ccc(-c4cc(-c5nc(-c6ccccc6)nc(-c6cccc7c6oc6ccccc67)n5)c5oc6ccccc6c5c4)cc3)n2)cc1. The van der Waals surface area contributed by atoms with Crippen LogP contribution in [-0.2, 0) is 0 Å². The molecule has 0 aliphatic heterocycles. The van der Waals surface area contributed by atoms with Crippen molar-refractivity contribution in [2.45, 2.75) is 0 Å². The van der Waals surface area contributed by atoms with Crippen LogP contribution in [0.2, 0.25) is 0 Å². The highest BCUT2D eigenvalue weighted by Crippen LogP contribution is 2.41. The van der Waals surface area contributed by atoms with E-state index < -0.39 is 0 Å². The lowest BCUT2D eigenvalue weighted by atomic mass is 9.98. The first-order valence-electron chi connectivity index (χ1n) is 20.4. The molecular formula is C54H32N6O2. The van der Waals surface area contributed by atoms with Gasteiger partial charge in [-0.2, -0.15) is 0 Å². The van der Waals surface area contributed by atoms with E-state index in [2.05, 4.69) is 54.6 Å². The molecule has 0 fully saturated rings. The van der Waals surface area contributed by atoms with E-state index in [0.717, 1.165) is 82.8 Å². The van der Waals surface area contributed by atoms with Gasteiger partial charge < -0.3 is 8.83 Å². The summed E-state index contributed by atoms with van der Waals surface area (Å²) in [5.41, 5.74) is 10.1. The van der Waals surface area contributed by atoms with Crippen LogP contribution in [0.1, 0.15) is 0 Å². The van der Waals surface area contributed by atoms with Gasteiger partial charge in [0.15, 0.2) is 34.9 Å². The summed E-state index contributed by atoms with van der Waals surface area (Å²) >= 11 is 0. The quantitative estimate of drug-likeness (QED) is 0.157. The van der Waals surface area contributed by atoms with Crippen molar-refractivity contribution in [3.63, 3.8) is 0 Å². The molecule has 0 saturated carbocycles. The Morgan fingerprint density at radius 2 is 0.629 bits per heavy atom. The van der Waals surface area contributed by atoms with Gasteiger partial charge in [-0.25, -0.2) is 29.9 Å². The molecule has 12 rings (SSSR count). The van der Waals surface area contributed by atoms with Crippen LogP contribution in [0.3, 0.4) is 0 Å². The van der Waals surface area contributed by atoms with Crippen molar-refractivity contribution in [2.24, 2.45) is 0 Å². The number of para-hydroxylation sites is 3. The Kier molecular flexibility index (Phi) is 8.31. The Morgan fingerprint density at radius 3 is 1.18 bits per heavy atom. The van der Waals surface area contributed by atoms with E-state index in [9.17, 15) is 0 Å². The molecule has 0 saturated heterocycles. The molecule has 4 aromatic heterocycles. The summed E-state index contributed by atoms with van der Waals surface area (Å²) in [6, 6.07) is 64.9. The Labute approximate surface area is 354 Å². The number of benzene rings is 8. The van der Waals surface area contributed by atoms with Crippen LogP contribution in [0.25, 0.3) is 123 Å². The van der Waals surface area contributed by atoms with E-state index in [1.54, 1.807) is 0 Å². The monoisotopic (exact) mass is 796 g/mol. The summed E-state index contributed by atoms with van der Waals surface area (Å²) < 4.78 is 13.1. The van der Waals surface area contributed by atoms with Gasteiger partial charge in [-0.05, 0) is 41.5 Å². The van der Waals surface area contributed by atoms with E-state index in [0.29, 0.717) is 40.5 Å². The van der Waals surface area contributed by atoms with Crippen LogP contribution >= 0.6 is 0 Å². The summed E-state index contributed by atoms with van der Waals surface area (Å²) in [7, 11) is 0. The molecule has 0 unspecified atom stereocenters. The molecule has 0 aliphatic rings. The van der Waals surface area contributed by atoms with E-state index >= 15 is 0 Å². The van der Waals surface area contributed by atoms with Crippen molar-refractivity contribution in [1.29, 1.82) is 0 Å². The zero-order valence-corrected chi connectivity index (χ0v) is 33.0. The molecule has 0 atom stereocenters.